The molecule has 1 aromatic heterocycles. The van der Waals surface area contributed by atoms with Crippen LogP contribution in [0.2, 0.25) is 15.1 Å². The normalized spacial score (nSPS) is 11.6. The highest BCUT2D eigenvalue weighted by Crippen LogP contribution is 2.39. The Morgan fingerprint density at radius 1 is 1.00 bits per heavy atom. The van der Waals surface area contributed by atoms with E-state index in [4.69, 9.17) is 39.2 Å². The topological polar surface area (TPSA) is 13.1 Å². The SMILES string of the molecule is CCCc1cc(Cl)cc2c1oc1cc(Cl)cc(Cl)c12. The summed E-state index contributed by atoms with van der Waals surface area (Å²) in [6.45, 7) is 2.12. The molecule has 19 heavy (non-hydrogen) atoms. The predicted octanol–water partition coefficient (Wildman–Crippen LogP) is 6.50. The maximum atomic E-state index is 6.28. The number of fused-ring (bicyclic) bond motifs is 3. The summed E-state index contributed by atoms with van der Waals surface area (Å²) in [5.41, 5.74) is 2.66. The van der Waals surface area contributed by atoms with Gasteiger partial charge in [0, 0.05) is 26.9 Å². The van der Waals surface area contributed by atoms with Gasteiger partial charge in [-0.05, 0) is 30.2 Å². The van der Waals surface area contributed by atoms with Crippen molar-refractivity contribution in [2.24, 2.45) is 0 Å². The average Bonchev–Trinajstić information content (AvgIpc) is 2.67. The number of hydrogen-bond donors (Lipinski definition) is 0. The molecule has 0 aliphatic carbocycles. The molecule has 0 bridgehead atoms. The summed E-state index contributed by atoms with van der Waals surface area (Å²) >= 11 is 18.5. The van der Waals surface area contributed by atoms with E-state index < -0.39 is 0 Å². The van der Waals surface area contributed by atoms with Gasteiger partial charge in [0.2, 0.25) is 0 Å². The molecule has 4 heteroatoms. The zero-order valence-electron chi connectivity index (χ0n) is 10.3. The fourth-order valence-corrected chi connectivity index (χ4v) is 3.23. The van der Waals surface area contributed by atoms with Crippen LogP contribution in [0.25, 0.3) is 21.9 Å². The molecule has 0 radical (unpaired) electrons. The Bertz CT molecular complexity index is 774. The first kappa shape index (κ1) is 13.1. The molecule has 1 nitrogen and oxygen atoms in total. The Kier molecular flexibility index (Phi) is 3.38. The Labute approximate surface area is 126 Å². The van der Waals surface area contributed by atoms with Crippen LogP contribution in [0.1, 0.15) is 18.9 Å². The van der Waals surface area contributed by atoms with E-state index in [1.165, 1.54) is 0 Å². The molecule has 0 atom stereocenters. The first-order valence-corrected chi connectivity index (χ1v) is 7.23. The fourth-order valence-electron chi connectivity index (χ4n) is 2.41. The van der Waals surface area contributed by atoms with E-state index in [0.717, 1.165) is 34.8 Å². The minimum absolute atomic E-state index is 0.569. The molecule has 0 saturated heterocycles. The molecule has 0 aliphatic rings. The second-order valence-corrected chi connectivity index (χ2v) is 5.83. The van der Waals surface area contributed by atoms with Gasteiger partial charge in [-0.25, -0.2) is 0 Å². The van der Waals surface area contributed by atoms with Crippen LogP contribution in [-0.2, 0) is 6.42 Å². The van der Waals surface area contributed by atoms with Gasteiger partial charge in [-0.15, -0.1) is 0 Å². The van der Waals surface area contributed by atoms with Crippen molar-refractivity contribution in [1.29, 1.82) is 0 Å². The molecule has 0 fully saturated rings. The molecule has 0 saturated carbocycles. The molecule has 0 N–H and O–H groups in total. The Morgan fingerprint density at radius 2 is 1.74 bits per heavy atom. The van der Waals surface area contributed by atoms with Crippen molar-refractivity contribution < 1.29 is 4.42 Å². The summed E-state index contributed by atoms with van der Waals surface area (Å²) in [6.07, 6.45) is 1.95. The molecule has 0 amide bonds. The van der Waals surface area contributed by atoms with E-state index in [9.17, 15) is 0 Å². The quantitative estimate of drug-likeness (QED) is 0.526. The maximum absolute atomic E-state index is 6.28. The molecule has 1 heterocycles. The van der Waals surface area contributed by atoms with Gasteiger partial charge in [0.1, 0.15) is 11.2 Å². The number of halogens is 3. The second-order valence-electron chi connectivity index (χ2n) is 4.55. The monoisotopic (exact) mass is 312 g/mol. The van der Waals surface area contributed by atoms with Crippen LogP contribution in [0.4, 0.5) is 0 Å². The smallest absolute Gasteiger partial charge is 0.138 e. The van der Waals surface area contributed by atoms with Crippen molar-refractivity contribution in [3.8, 4) is 0 Å². The third-order valence-corrected chi connectivity index (χ3v) is 3.88. The van der Waals surface area contributed by atoms with Crippen molar-refractivity contribution in [2.45, 2.75) is 19.8 Å². The van der Waals surface area contributed by atoms with Crippen LogP contribution in [-0.4, -0.2) is 0 Å². The molecule has 2 aromatic carbocycles. The number of aryl methyl sites for hydroxylation is 1. The third-order valence-electron chi connectivity index (χ3n) is 3.15. The van der Waals surface area contributed by atoms with Gasteiger partial charge in [-0.2, -0.15) is 0 Å². The van der Waals surface area contributed by atoms with Gasteiger partial charge < -0.3 is 4.42 Å². The summed E-state index contributed by atoms with van der Waals surface area (Å²) in [4.78, 5) is 0. The largest absolute Gasteiger partial charge is 0.456 e. The Hall–Kier alpha value is -0.890. The molecule has 3 rings (SSSR count). The van der Waals surface area contributed by atoms with Crippen LogP contribution >= 0.6 is 34.8 Å². The third kappa shape index (κ3) is 2.20. The first-order valence-electron chi connectivity index (χ1n) is 6.10. The number of rotatable bonds is 2. The summed E-state index contributed by atoms with van der Waals surface area (Å²) in [7, 11) is 0. The lowest BCUT2D eigenvalue weighted by Crippen LogP contribution is -1.84. The first-order chi connectivity index (χ1) is 9.10. The standard InChI is InChI=1S/C15H11Cl3O/c1-2-3-8-4-9(16)5-11-14-12(18)6-10(17)7-13(14)19-15(8)11/h4-7H,2-3H2,1H3. The van der Waals surface area contributed by atoms with Gasteiger partial charge in [0.25, 0.3) is 0 Å². The van der Waals surface area contributed by atoms with E-state index in [1.807, 2.05) is 12.1 Å². The maximum Gasteiger partial charge on any atom is 0.138 e. The highest BCUT2D eigenvalue weighted by atomic mass is 35.5. The van der Waals surface area contributed by atoms with E-state index in [1.54, 1.807) is 12.1 Å². The van der Waals surface area contributed by atoms with Gasteiger partial charge in [0.15, 0.2) is 0 Å². The summed E-state index contributed by atoms with van der Waals surface area (Å²) in [5.74, 6) is 0. The number of benzene rings is 2. The van der Waals surface area contributed by atoms with Crippen molar-refractivity contribution in [2.75, 3.05) is 0 Å². The van der Waals surface area contributed by atoms with Crippen LogP contribution in [0, 0.1) is 0 Å². The Morgan fingerprint density at radius 3 is 2.47 bits per heavy atom. The van der Waals surface area contributed by atoms with E-state index in [0.29, 0.717) is 20.7 Å². The summed E-state index contributed by atoms with van der Waals surface area (Å²) < 4.78 is 5.93. The minimum atomic E-state index is 0.569. The lowest BCUT2D eigenvalue weighted by Gasteiger charge is -2.01. The lowest BCUT2D eigenvalue weighted by molar-refractivity contribution is 0.661. The highest BCUT2D eigenvalue weighted by molar-refractivity contribution is 6.40. The van der Waals surface area contributed by atoms with Crippen molar-refractivity contribution in [3.05, 3.63) is 44.9 Å². The van der Waals surface area contributed by atoms with Crippen LogP contribution < -0.4 is 0 Å². The molecule has 0 aliphatic heterocycles. The molecule has 3 aromatic rings. The Balaban J connectivity index is 2.46. The van der Waals surface area contributed by atoms with Crippen LogP contribution in [0.3, 0.4) is 0 Å². The van der Waals surface area contributed by atoms with E-state index in [-0.39, 0.29) is 0 Å². The minimum Gasteiger partial charge on any atom is -0.456 e. The van der Waals surface area contributed by atoms with Gasteiger partial charge in [0.05, 0.1) is 5.02 Å². The van der Waals surface area contributed by atoms with Gasteiger partial charge in [-0.3, -0.25) is 0 Å². The average molecular weight is 314 g/mol. The van der Waals surface area contributed by atoms with Crippen molar-refractivity contribution in [1.82, 2.24) is 0 Å². The van der Waals surface area contributed by atoms with Gasteiger partial charge >= 0.3 is 0 Å². The molecule has 0 unspecified atom stereocenters. The zero-order valence-corrected chi connectivity index (χ0v) is 12.5. The predicted molar refractivity (Wildman–Crippen MR) is 82.7 cm³/mol. The van der Waals surface area contributed by atoms with E-state index >= 15 is 0 Å². The van der Waals surface area contributed by atoms with Crippen molar-refractivity contribution in [3.63, 3.8) is 0 Å². The molecular weight excluding hydrogens is 303 g/mol. The molecular formula is C15H11Cl3O. The number of furan rings is 1. The molecule has 0 spiro atoms. The highest BCUT2D eigenvalue weighted by Gasteiger charge is 2.15. The van der Waals surface area contributed by atoms with Crippen LogP contribution in [0.15, 0.2) is 28.7 Å². The summed E-state index contributed by atoms with van der Waals surface area (Å²) in [6, 6.07) is 7.35. The van der Waals surface area contributed by atoms with Crippen LogP contribution in [0.5, 0.6) is 0 Å². The summed E-state index contributed by atoms with van der Waals surface area (Å²) in [5, 5.41) is 3.68. The van der Waals surface area contributed by atoms with E-state index in [2.05, 4.69) is 6.92 Å². The second kappa shape index (κ2) is 4.90. The van der Waals surface area contributed by atoms with Crippen molar-refractivity contribution >= 4 is 56.7 Å². The molecule has 98 valence electrons. The van der Waals surface area contributed by atoms with Gasteiger partial charge in [-0.1, -0.05) is 48.1 Å². The lowest BCUT2D eigenvalue weighted by atomic mass is 10.1. The fraction of sp³-hybridized carbons (Fsp3) is 0.200. The zero-order chi connectivity index (χ0) is 13.6. The number of hydrogen-bond acceptors (Lipinski definition) is 1.